The van der Waals surface area contributed by atoms with Crippen LogP contribution in [0.3, 0.4) is 0 Å². The number of nitrogens with one attached hydrogen (secondary N) is 3. The van der Waals surface area contributed by atoms with Crippen molar-refractivity contribution in [3.63, 3.8) is 0 Å². The third kappa shape index (κ3) is 11.3. The monoisotopic (exact) mass is 551 g/mol. The summed E-state index contributed by atoms with van der Waals surface area (Å²) in [4.78, 5) is 41.4. The van der Waals surface area contributed by atoms with Crippen molar-refractivity contribution in [2.24, 2.45) is 5.92 Å². The summed E-state index contributed by atoms with van der Waals surface area (Å²) < 4.78 is 5.22. The van der Waals surface area contributed by atoms with Crippen LogP contribution in [0.4, 0.5) is 10.6 Å². The number of carbonyl (C=O) groups excluding carboxylic acids is 3. The molecule has 0 aliphatic rings. The minimum Gasteiger partial charge on any atom is -0.444 e. The lowest BCUT2D eigenvalue weighted by Gasteiger charge is -2.21. The molecule has 1 aromatic carbocycles. The minimum absolute atomic E-state index is 0.0564. The van der Waals surface area contributed by atoms with Crippen molar-refractivity contribution in [2.75, 3.05) is 18.8 Å². The van der Waals surface area contributed by atoms with E-state index in [0.717, 1.165) is 5.56 Å². The predicted molar refractivity (Wildman–Crippen MR) is 145 cm³/mol. The van der Waals surface area contributed by atoms with Crippen LogP contribution in [0, 0.1) is 5.92 Å². The maximum atomic E-state index is 13.1. The van der Waals surface area contributed by atoms with Crippen molar-refractivity contribution < 1.29 is 19.1 Å². The van der Waals surface area contributed by atoms with Crippen LogP contribution in [0.1, 0.15) is 57.6 Å². The minimum atomic E-state index is -0.688. The van der Waals surface area contributed by atoms with E-state index >= 15 is 0 Å². The average Bonchev–Trinajstić information content (AvgIpc) is 2.82. The van der Waals surface area contributed by atoms with E-state index in [2.05, 4.69) is 20.9 Å². The second-order valence-corrected chi connectivity index (χ2v) is 10.7. The zero-order valence-electron chi connectivity index (χ0n) is 21.6. The highest BCUT2D eigenvalue weighted by Crippen LogP contribution is 2.27. The normalized spacial score (nSPS) is 12.8. The van der Waals surface area contributed by atoms with Crippen molar-refractivity contribution >= 4 is 46.9 Å². The second kappa shape index (κ2) is 14.0. The summed E-state index contributed by atoms with van der Waals surface area (Å²) >= 11 is 12.2. The average molecular weight is 553 g/mol. The second-order valence-electron chi connectivity index (χ2n) is 9.87. The third-order valence-corrected chi connectivity index (χ3v) is 6.08. The molecule has 202 valence electrons. The molecule has 1 heterocycles. The highest BCUT2D eigenvalue weighted by Gasteiger charge is 2.23. The van der Waals surface area contributed by atoms with Crippen LogP contribution in [0.5, 0.6) is 0 Å². The van der Waals surface area contributed by atoms with Crippen LogP contribution in [0.15, 0.2) is 36.5 Å². The summed E-state index contributed by atoms with van der Waals surface area (Å²) in [6.07, 6.45) is 1.89. The van der Waals surface area contributed by atoms with Crippen LogP contribution >= 0.6 is 23.2 Å². The summed E-state index contributed by atoms with van der Waals surface area (Å²) in [5, 5.41) is 9.10. The fourth-order valence-electron chi connectivity index (χ4n) is 3.30. The largest absolute Gasteiger partial charge is 0.444 e. The number of benzene rings is 1. The molecule has 9 nitrogen and oxygen atoms in total. The molecule has 2 atom stereocenters. The zero-order valence-corrected chi connectivity index (χ0v) is 23.1. The van der Waals surface area contributed by atoms with Gasteiger partial charge in [-0.15, -0.1) is 0 Å². The highest BCUT2D eigenvalue weighted by atomic mass is 35.5. The zero-order chi connectivity index (χ0) is 27.6. The van der Waals surface area contributed by atoms with Gasteiger partial charge in [0, 0.05) is 32.3 Å². The fourth-order valence-corrected chi connectivity index (χ4v) is 3.61. The molecule has 1 aromatic heterocycles. The van der Waals surface area contributed by atoms with Gasteiger partial charge in [-0.1, -0.05) is 42.3 Å². The van der Waals surface area contributed by atoms with Gasteiger partial charge in [-0.3, -0.25) is 9.59 Å². The first-order valence-electron chi connectivity index (χ1n) is 12.0. The first kappa shape index (κ1) is 30.2. The van der Waals surface area contributed by atoms with Crippen LogP contribution < -0.4 is 21.7 Å². The smallest absolute Gasteiger partial charge is 0.407 e. The molecule has 0 radical (unpaired) electrons. The molecule has 2 rings (SSSR count). The number of alkyl carbamates (subject to hydrolysis) is 1. The molecular formula is C26H35Cl2N5O4. The molecule has 0 aliphatic carbocycles. The summed E-state index contributed by atoms with van der Waals surface area (Å²) in [5.41, 5.74) is 6.45. The third-order valence-electron chi connectivity index (χ3n) is 5.34. The highest BCUT2D eigenvalue weighted by molar-refractivity contribution is 6.42. The number of aromatic nitrogens is 1. The molecule has 0 saturated heterocycles. The first-order valence-corrected chi connectivity index (χ1v) is 12.8. The summed E-state index contributed by atoms with van der Waals surface area (Å²) in [7, 11) is 0. The molecule has 11 heteroatoms. The van der Waals surface area contributed by atoms with Gasteiger partial charge in [-0.2, -0.15) is 0 Å². The Bertz CT molecular complexity index is 1070. The molecule has 3 amide bonds. The van der Waals surface area contributed by atoms with Gasteiger partial charge in [-0.25, -0.2) is 9.78 Å². The van der Waals surface area contributed by atoms with Crippen LogP contribution in [0.2, 0.25) is 10.0 Å². The first-order chi connectivity index (χ1) is 17.3. The summed E-state index contributed by atoms with van der Waals surface area (Å²) in [6.45, 7) is 8.02. The number of nitrogens with zero attached hydrogens (tertiary/aromatic N) is 1. The molecule has 37 heavy (non-hydrogen) atoms. The molecule has 0 spiro atoms. The molecule has 5 N–H and O–H groups in total. The number of hydrogen-bond donors (Lipinski definition) is 4. The number of rotatable bonds is 11. The Morgan fingerprint density at radius 1 is 1.03 bits per heavy atom. The lowest BCUT2D eigenvalue weighted by atomic mass is 9.97. The number of anilines is 1. The predicted octanol–water partition coefficient (Wildman–Crippen LogP) is 4.43. The van der Waals surface area contributed by atoms with E-state index in [9.17, 15) is 14.4 Å². The lowest BCUT2D eigenvalue weighted by Crippen LogP contribution is -2.37. The van der Waals surface area contributed by atoms with Crippen LogP contribution in [-0.4, -0.2) is 41.6 Å². The molecule has 0 aliphatic heterocycles. The van der Waals surface area contributed by atoms with Gasteiger partial charge in [-0.05, 0) is 62.4 Å². The van der Waals surface area contributed by atoms with Crippen molar-refractivity contribution in [1.29, 1.82) is 0 Å². The van der Waals surface area contributed by atoms with Crippen molar-refractivity contribution in [3.8, 4) is 0 Å². The molecular weight excluding hydrogens is 517 g/mol. The van der Waals surface area contributed by atoms with Gasteiger partial charge in [0.1, 0.15) is 11.4 Å². The standard InChI is InChI=1S/C26H35Cl2N5O4/c1-16(12-33-25(36)37-26(2,3)4)5-10-23(34)31-15-19(18-7-8-20(27)21(28)11-18)24(35)32-14-17-6-9-22(29)30-13-17/h6-9,11,13,16,19H,5,10,12,14-15H2,1-4H3,(H2,29,30)(H,31,34)(H,32,35)(H,33,36)/t16-,19-/m0/s1. The van der Waals surface area contributed by atoms with Gasteiger partial charge in [0.2, 0.25) is 11.8 Å². The number of nitrogen functional groups attached to an aromatic ring is 1. The lowest BCUT2D eigenvalue weighted by molar-refractivity contribution is -0.123. The quantitative estimate of drug-likeness (QED) is 0.326. The van der Waals surface area contributed by atoms with Gasteiger partial charge in [0.05, 0.1) is 16.0 Å². The Hall–Kier alpha value is -3.04. The van der Waals surface area contributed by atoms with Gasteiger partial charge in [0.25, 0.3) is 0 Å². The summed E-state index contributed by atoms with van der Waals surface area (Å²) in [6, 6.07) is 8.37. The fraction of sp³-hybridized carbons (Fsp3) is 0.462. The molecule has 0 bridgehead atoms. The van der Waals surface area contributed by atoms with Gasteiger partial charge >= 0.3 is 6.09 Å². The van der Waals surface area contributed by atoms with E-state index in [1.54, 1.807) is 57.3 Å². The number of halogens is 2. The van der Waals surface area contributed by atoms with Crippen molar-refractivity contribution in [3.05, 3.63) is 57.7 Å². The SMILES string of the molecule is C[C@@H](CCC(=O)NC[C@H](C(=O)NCc1ccc(N)nc1)c1ccc(Cl)c(Cl)c1)CNC(=O)OC(C)(C)C. The molecule has 0 saturated carbocycles. The number of nitrogens with two attached hydrogens (primary N) is 1. The molecule has 2 aromatic rings. The van der Waals surface area contributed by atoms with E-state index < -0.39 is 17.6 Å². The number of carbonyl (C=O) groups is 3. The van der Waals surface area contributed by atoms with Crippen LogP contribution in [-0.2, 0) is 20.9 Å². The van der Waals surface area contributed by atoms with E-state index in [4.69, 9.17) is 33.7 Å². The Balaban J connectivity index is 1.92. The van der Waals surface area contributed by atoms with E-state index in [1.165, 1.54) is 0 Å². The van der Waals surface area contributed by atoms with Crippen molar-refractivity contribution in [1.82, 2.24) is 20.9 Å². The van der Waals surface area contributed by atoms with E-state index in [0.29, 0.717) is 34.4 Å². The Morgan fingerprint density at radius 3 is 2.38 bits per heavy atom. The van der Waals surface area contributed by atoms with Crippen LogP contribution in [0.25, 0.3) is 0 Å². The topological polar surface area (TPSA) is 135 Å². The Morgan fingerprint density at radius 2 is 1.76 bits per heavy atom. The molecule has 0 fully saturated rings. The number of hydrogen-bond acceptors (Lipinski definition) is 6. The van der Waals surface area contributed by atoms with E-state index in [1.807, 2.05) is 6.92 Å². The van der Waals surface area contributed by atoms with Gasteiger partial charge < -0.3 is 26.4 Å². The van der Waals surface area contributed by atoms with E-state index in [-0.39, 0.29) is 37.2 Å². The number of pyridine rings is 1. The van der Waals surface area contributed by atoms with Gasteiger partial charge in [0.15, 0.2) is 0 Å². The Labute approximate surface area is 227 Å². The summed E-state index contributed by atoms with van der Waals surface area (Å²) in [5.74, 6) is -0.732. The molecule has 0 unspecified atom stereocenters. The number of amides is 3. The number of ether oxygens (including phenoxy) is 1. The maximum Gasteiger partial charge on any atom is 0.407 e. The Kier molecular flexibility index (Phi) is 11.5. The van der Waals surface area contributed by atoms with Crippen molar-refractivity contribution in [2.45, 2.75) is 58.6 Å². The maximum absolute atomic E-state index is 13.1.